The molecule has 72 valence electrons. The van der Waals surface area contributed by atoms with Crippen LogP contribution in [0.15, 0.2) is 0 Å². The van der Waals surface area contributed by atoms with E-state index < -0.39 is 0 Å². The van der Waals surface area contributed by atoms with Crippen molar-refractivity contribution >= 4 is 0 Å². The minimum absolute atomic E-state index is 0.0148. The highest BCUT2D eigenvalue weighted by atomic mass is 16.5. The fraction of sp³-hybridized carbons (Fsp3) is 1.00. The van der Waals surface area contributed by atoms with Gasteiger partial charge in [0.1, 0.15) is 0 Å². The molecule has 1 atom stereocenters. The summed E-state index contributed by atoms with van der Waals surface area (Å²) in [5.41, 5.74) is -0.0148. The summed E-state index contributed by atoms with van der Waals surface area (Å²) in [5, 5.41) is 6.73. The molecule has 0 aromatic heterocycles. The van der Waals surface area contributed by atoms with E-state index in [9.17, 15) is 0 Å². The Morgan fingerprint density at radius 2 is 2.08 bits per heavy atom. The van der Waals surface area contributed by atoms with Crippen LogP contribution in [0.4, 0.5) is 0 Å². The summed E-state index contributed by atoms with van der Waals surface area (Å²) in [5.74, 6) is 0. The average molecular weight is 172 g/mol. The maximum Gasteiger partial charge on any atom is 0.0639 e. The fourth-order valence-electron chi connectivity index (χ4n) is 1.18. The smallest absolute Gasteiger partial charge is 0.0639 e. The van der Waals surface area contributed by atoms with E-state index in [1.54, 1.807) is 0 Å². The summed E-state index contributed by atoms with van der Waals surface area (Å²) in [6.07, 6.45) is 0. The number of piperazine rings is 1. The highest BCUT2D eigenvalue weighted by Gasteiger charge is 2.16. The molecule has 12 heavy (non-hydrogen) atoms. The van der Waals surface area contributed by atoms with E-state index in [1.807, 2.05) is 0 Å². The quantitative estimate of drug-likeness (QED) is 0.631. The van der Waals surface area contributed by atoms with Crippen molar-refractivity contribution < 1.29 is 4.74 Å². The molecular formula is C9H20N2O. The Morgan fingerprint density at radius 1 is 1.33 bits per heavy atom. The average Bonchev–Trinajstić information content (AvgIpc) is 2.02. The van der Waals surface area contributed by atoms with E-state index in [4.69, 9.17) is 4.74 Å². The first-order chi connectivity index (χ1) is 5.58. The number of ether oxygens (including phenoxy) is 1. The van der Waals surface area contributed by atoms with Gasteiger partial charge in [-0.25, -0.2) is 0 Å². The topological polar surface area (TPSA) is 33.3 Å². The van der Waals surface area contributed by atoms with Crippen LogP contribution in [0.3, 0.4) is 0 Å². The van der Waals surface area contributed by atoms with Crippen molar-refractivity contribution in [2.45, 2.75) is 32.4 Å². The second-order valence-electron chi connectivity index (χ2n) is 4.28. The summed E-state index contributed by atoms with van der Waals surface area (Å²) in [4.78, 5) is 0. The summed E-state index contributed by atoms with van der Waals surface area (Å²) in [6.45, 7) is 10.2. The van der Waals surface area contributed by atoms with Gasteiger partial charge in [0.2, 0.25) is 0 Å². The number of hydrogen-bond donors (Lipinski definition) is 2. The molecule has 2 N–H and O–H groups in total. The maximum absolute atomic E-state index is 5.67. The zero-order valence-electron chi connectivity index (χ0n) is 8.31. The van der Waals surface area contributed by atoms with Crippen molar-refractivity contribution in [3.8, 4) is 0 Å². The Balaban J connectivity index is 2.13. The fourth-order valence-corrected chi connectivity index (χ4v) is 1.18. The zero-order valence-corrected chi connectivity index (χ0v) is 8.31. The van der Waals surface area contributed by atoms with Crippen LogP contribution in [-0.4, -0.2) is 37.9 Å². The molecule has 0 aromatic rings. The summed E-state index contributed by atoms with van der Waals surface area (Å²) in [6, 6.07) is 0.484. The van der Waals surface area contributed by atoms with Crippen molar-refractivity contribution in [3.05, 3.63) is 0 Å². The molecule has 0 bridgehead atoms. The molecular weight excluding hydrogens is 152 g/mol. The van der Waals surface area contributed by atoms with Gasteiger partial charge in [-0.3, -0.25) is 0 Å². The molecule has 0 unspecified atom stereocenters. The summed E-state index contributed by atoms with van der Waals surface area (Å²) >= 11 is 0. The van der Waals surface area contributed by atoms with Crippen LogP contribution in [0, 0.1) is 0 Å². The molecule has 1 heterocycles. The lowest BCUT2D eigenvalue weighted by atomic mass is 10.2. The molecule has 0 saturated carbocycles. The Labute approximate surface area is 74.9 Å². The first-order valence-electron chi connectivity index (χ1n) is 4.66. The zero-order chi connectivity index (χ0) is 9.03. The van der Waals surface area contributed by atoms with Gasteiger partial charge in [-0.1, -0.05) is 0 Å². The van der Waals surface area contributed by atoms with Gasteiger partial charge in [0.25, 0.3) is 0 Å². The molecule has 0 spiro atoms. The van der Waals surface area contributed by atoms with Gasteiger partial charge in [0.05, 0.1) is 12.2 Å². The van der Waals surface area contributed by atoms with E-state index in [2.05, 4.69) is 31.4 Å². The van der Waals surface area contributed by atoms with Crippen molar-refractivity contribution in [3.63, 3.8) is 0 Å². The molecule has 3 heteroatoms. The Bertz CT molecular complexity index is 125. The van der Waals surface area contributed by atoms with E-state index >= 15 is 0 Å². The van der Waals surface area contributed by atoms with Crippen molar-refractivity contribution in [2.75, 3.05) is 26.2 Å². The predicted molar refractivity (Wildman–Crippen MR) is 50.4 cm³/mol. The van der Waals surface area contributed by atoms with Crippen LogP contribution >= 0.6 is 0 Å². The van der Waals surface area contributed by atoms with Crippen LogP contribution in [0.1, 0.15) is 20.8 Å². The molecule has 0 amide bonds. The molecule has 1 saturated heterocycles. The standard InChI is InChI=1S/C9H20N2O/c1-9(2,3)12-7-8-6-10-4-5-11-8/h8,10-11H,4-7H2,1-3H3/t8-/m1/s1. The van der Waals surface area contributed by atoms with Crippen LogP contribution in [-0.2, 0) is 4.74 Å². The van der Waals surface area contributed by atoms with Crippen molar-refractivity contribution in [1.29, 1.82) is 0 Å². The van der Waals surface area contributed by atoms with E-state index in [-0.39, 0.29) is 5.60 Å². The third-order valence-electron chi connectivity index (χ3n) is 1.84. The molecule has 1 aliphatic heterocycles. The van der Waals surface area contributed by atoms with Gasteiger partial charge < -0.3 is 15.4 Å². The normalized spacial score (nSPS) is 25.8. The van der Waals surface area contributed by atoms with E-state index in [0.29, 0.717) is 6.04 Å². The molecule has 3 nitrogen and oxygen atoms in total. The minimum Gasteiger partial charge on any atom is -0.374 e. The van der Waals surface area contributed by atoms with Gasteiger partial charge in [-0.05, 0) is 20.8 Å². The first-order valence-corrected chi connectivity index (χ1v) is 4.66. The molecule has 0 aliphatic carbocycles. The Morgan fingerprint density at radius 3 is 2.58 bits per heavy atom. The number of nitrogens with one attached hydrogen (secondary N) is 2. The molecule has 1 fully saturated rings. The molecule has 0 aromatic carbocycles. The van der Waals surface area contributed by atoms with Gasteiger partial charge in [0, 0.05) is 25.7 Å². The van der Waals surface area contributed by atoms with E-state index in [0.717, 1.165) is 26.2 Å². The van der Waals surface area contributed by atoms with Gasteiger partial charge in [-0.2, -0.15) is 0 Å². The lowest BCUT2D eigenvalue weighted by Crippen LogP contribution is -2.51. The molecule has 1 rings (SSSR count). The second kappa shape index (κ2) is 4.21. The van der Waals surface area contributed by atoms with Crippen LogP contribution < -0.4 is 10.6 Å². The van der Waals surface area contributed by atoms with E-state index in [1.165, 1.54) is 0 Å². The summed E-state index contributed by atoms with van der Waals surface area (Å²) in [7, 11) is 0. The highest BCUT2D eigenvalue weighted by molar-refractivity contribution is 4.75. The van der Waals surface area contributed by atoms with Crippen LogP contribution in [0.5, 0.6) is 0 Å². The van der Waals surface area contributed by atoms with Gasteiger partial charge in [0.15, 0.2) is 0 Å². The molecule has 0 radical (unpaired) electrons. The lowest BCUT2D eigenvalue weighted by Gasteiger charge is -2.28. The summed E-state index contributed by atoms with van der Waals surface area (Å²) < 4.78 is 5.67. The maximum atomic E-state index is 5.67. The highest BCUT2D eigenvalue weighted by Crippen LogP contribution is 2.07. The lowest BCUT2D eigenvalue weighted by molar-refractivity contribution is -0.0157. The first kappa shape index (κ1) is 9.96. The van der Waals surface area contributed by atoms with Crippen LogP contribution in [0.25, 0.3) is 0 Å². The van der Waals surface area contributed by atoms with Crippen molar-refractivity contribution in [1.82, 2.24) is 10.6 Å². The Hall–Kier alpha value is -0.120. The molecule has 1 aliphatic rings. The Kier molecular flexibility index (Phi) is 3.50. The van der Waals surface area contributed by atoms with Gasteiger partial charge >= 0.3 is 0 Å². The second-order valence-corrected chi connectivity index (χ2v) is 4.28. The third kappa shape index (κ3) is 4.04. The van der Waals surface area contributed by atoms with Gasteiger partial charge in [-0.15, -0.1) is 0 Å². The number of rotatable bonds is 2. The SMILES string of the molecule is CC(C)(C)OC[C@H]1CNCCN1. The predicted octanol–water partition coefficient (Wildman–Crippen LogP) is 0.363. The van der Waals surface area contributed by atoms with Crippen molar-refractivity contribution in [2.24, 2.45) is 0 Å². The number of hydrogen-bond acceptors (Lipinski definition) is 3. The third-order valence-corrected chi connectivity index (χ3v) is 1.84. The van der Waals surface area contributed by atoms with Crippen LogP contribution in [0.2, 0.25) is 0 Å². The monoisotopic (exact) mass is 172 g/mol. The minimum atomic E-state index is -0.0148. The largest absolute Gasteiger partial charge is 0.374 e.